The number of nitrogens with one attached hydrogen (secondary N) is 1. The minimum Gasteiger partial charge on any atom is -0.443 e. The molecule has 1 aromatic rings. The second kappa shape index (κ2) is 6.16. The molecule has 2 amide bonds. The van der Waals surface area contributed by atoms with Crippen LogP contribution >= 0.6 is 0 Å². The summed E-state index contributed by atoms with van der Waals surface area (Å²) in [6, 6.07) is 8.95. The molecule has 1 fully saturated rings. The Balaban J connectivity index is 1.73. The lowest BCUT2D eigenvalue weighted by atomic mass is 10.2. The van der Waals surface area contributed by atoms with Crippen LogP contribution in [-0.2, 0) is 16.1 Å². The summed E-state index contributed by atoms with van der Waals surface area (Å²) in [6.45, 7) is 0.930. The molecule has 2 rings (SSSR count). The molecule has 1 N–H and O–H groups in total. The molecule has 1 saturated heterocycles. The zero-order valence-corrected chi connectivity index (χ0v) is 9.96. The lowest BCUT2D eigenvalue weighted by Crippen LogP contribution is -2.39. The summed E-state index contributed by atoms with van der Waals surface area (Å²) in [6.07, 6.45) is 0.844. The van der Waals surface area contributed by atoms with E-state index in [1.54, 1.807) is 0 Å². The van der Waals surface area contributed by atoms with Gasteiger partial charge in [-0.05, 0) is 24.9 Å². The van der Waals surface area contributed by atoms with E-state index in [-0.39, 0.29) is 12.6 Å². The quantitative estimate of drug-likeness (QED) is 0.871. The first-order valence-corrected chi connectivity index (χ1v) is 5.95. The highest BCUT2D eigenvalue weighted by Gasteiger charge is 2.25. The molecule has 1 aromatic carbocycles. The largest absolute Gasteiger partial charge is 0.443 e. The molecule has 1 aliphatic heterocycles. The van der Waals surface area contributed by atoms with Crippen molar-refractivity contribution in [1.29, 1.82) is 0 Å². The van der Waals surface area contributed by atoms with Gasteiger partial charge in [0.15, 0.2) is 0 Å². The molecule has 1 radical (unpaired) electrons. The summed E-state index contributed by atoms with van der Waals surface area (Å²) >= 11 is 0. The van der Waals surface area contributed by atoms with Gasteiger partial charge in [0, 0.05) is 0 Å². The van der Waals surface area contributed by atoms with Crippen LogP contribution in [-0.4, -0.2) is 24.6 Å². The van der Waals surface area contributed by atoms with Gasteiger partial charge in [0.2, 0.25) is 0 Å². The molecule has 1 aliphatic rings. The van der Waals surface area contributed by atoms with Crippen LogP contribution in [0.3, 0.4) is 0 Å². The molecule has 0 unspecified atom stereocenters. The molecule has 95 valence electrons. The number of carbonyl (C=O) groups is 2. The van der Waals surface area contributed by atoms with E-state index in [1.165, 1.54) is 0 Å². The number of imide groups is 1. The fourth-order valence-electron chi connectivity index (χ4n) is 1.81. The van der Waals surface area contributed by atoms with Crippen LogP contribution in [0.1, 0.15) is 18.4 Å². The summed E-state index contributed by atoms with van der Waals surface area (Å²) < 4.78 is 4.90. The van der Waals surface area contributed by atoms with Gasteiger partial charge in [-0.1, -0.05) is 30.3 Å². The van der Waals surface area contributed by atoms with E-state index in [1.807, 2.05) is 30.3 Å². The summed E-state index contributed by atoms with van der Waals surface area (Å²) in [7, 11) is 0. The number of nitrogens with zero attached hydrogens (tertiary/aromatic N) is 1. The first kappa shape index (κ1) is 12.6. The van der Waals surface area contributed by atoms with Crippen LogP contribution in [0.4, 0.5) is 4.79 Å². The molecule has 0 aliphatic carbocycles. The van der Waals surface area contributed by atoms with Crippen molar-refractivity contribution >= 4 is 12.0 Å². The second-order valence-corrected chi connectivity index (χ2v) is 4.14. The zero-order chi connectivity index (χ0) is 12.8. The maximum Gasteiger partial charge on any atom is 0.437 e. The normalized spacial score (nSPS) is 18.3. The van der Waals surface area contributed by atoms with Crippen molar-refractivity contribution in [3.05, 3.63) is 35.9 Å². The lowest BCUT2D eigenvalue weighted by molar-refractivity contribution is -0.122. The molecule has 18 heavy (non-hydrogen) atoms. The van der Waals surface area contributed by atoms with Crippen LogP contribution in [0.15, 0.2) is 30.3 Å². The van der Waals surface area contributed by atoms with Gasteiger partial charge >= 0.3 is 6.09 Å². The first-order valence-electron chi connectivity index (χ1n) is 5.95. The van der Waals surface area contributed by atoms with Gasteiger partial charge < -0.3 is 10.1 Å². The van der Waals surface area contributed by atoms with E-state index >= 15 is 0 Å². The molecular weight excluding hydrogens is 232 g/mol. The maximum atomic E-state index is 11.5. The average molecular weight is 247 g/mol. The van der Waals surface area contributed by atoms with Crippen LogP contribution in [0.2, 0.25) is 0 Å². The number of hydrogen-bond donors (Lipinski definition) is 1. The number of amides is 2. The fraction of sp³-hybridized carbons (Fsp3) is 0.385. The zero-order valence-electron chi connectivity index (χ0n) is 9.96. The van der Waals surface area contributed by atoms with Gasteiger partial charge in [0.1, 0.15) is 6.61 Å². The van der Waals surface area contributed by atoms with Crippen molar-refractivity contribution in [2.75, 3.05) is 6.54 Å². The van der Waals surface area contributed by atoms with E-state index in [0.717, 1.165) is 24.9 Å². The SMILES string of the molecule is O=C([N]C(=O)[C@@H]1CCCN1)OCc1ccccc1. The van der Waals surface area contributed by atoms with Crippen molar-refractivity contribution in [1.82, 2.24) is 10.6 Å². The molecule has 0 bridgehead atoms. The van der Waals surface area contributed by atoms with E-state index in [9.17, 15) is 9.59 Å². The second-order valence-electron chi connectivity index (χ2n) is 4.14. The average Bonchev–Trinajstić information content (AvgIpc) is 2.91. The monoisotopic (exact) mass is 247 g/mol. The van der Waals surface area contributed by atoms with Crippen LogP contribution < -0.4 is 10.6 Å². The number of ether oxygens (including phenoxy) is 1. The van der Waals surface area contributed by atoms with Crippen molar-refractivity contribution < 1.29 is 14.3 Å². The Morgan fingerprint density at radius 3 is 2.78 bits per heavy atom. The molecule has 5 nitrogen and oxygen atoms in total. The molecule has 1 heterocycles. The number of carbonyl (C=O) groups excluding carboxylic acids is 2. The van der Waals surface area contributed by atoms with E-state index in [2.05, 4.69) is 10.6 Å². The standard InChI is InChI=1S/C13H15N2O3/c16-12(11-7-4-8-14-11)15-13(17)18-9-10-5-2-1-3-6-10/h1-3,5-6,11,14H,4,7-9H2/t11-/m0/s1. The third-order valence-electron chi connectivity index (χ3n) is 2.77. The van der Waals surface area contributed by atoms with Crippen molar-refractivity contribution in [2.45, 2.75) is 25.5 Å². The highest BCUT2D eigenvalue weighted by molar-refractivity contribution is 5.94. The Morgan fingerprint density at radius 1 is 1.33 bits per heavy atom. The Hall–Kier alpha value is -1.88. The predicted octanol–water partition coefficient (Wildman–Crippen LogP) is 1.21. The van der Waals surface area contributed by atoms with E-state index in [4.69, 9.17) is 4.74 Å². The van der Waals surface area contributed by atoms with Gasteiger partial charge in [-0.15, -0.1) is 5.32 Å². The highest BCUT2D eigenvalue weighted by Crippen LogP contribution is 2.06. The summed E-state index contributed by atoms with van der Waals surface area (Å²) in [4.78, 5) is 22.9. The summed E-state index contributed by atoms with van der Waals surface area (Å²) in [5, 5.41) is 6.40. The van der Waals surface area contributed by atoms with Crippen LogP contribution in [0.5, 0.6) is 0 Å². The third kappa shape index (κ3) is 3.56. The van der Waals surface area contributed by atoms with E-state index < -0.39 is 12.0 Å². The van der Waals surface area contributed by atoms with Gasteiger partial charge in [0.05, 0.1) is 6.04 Å². The minimum absolute atomic E-state index is 0.133. The van der Waals surface area contributed by atoms with Gasteiger partial charge in [0.25, 0.3) is 5.91 Å². The Labute approximate surface area is 106 Å². The Kier molecular flexibility index (Phi) is 4.30. The fourth-order valence-corrected chi connectivity index (χ4v) is 1.81. The van der Waals surface area contributed by atoms with Gasteiger partial charge in [-0.3, -0.25) is 4.79 Å². The summed E-state index contributed by atoms with van der Waals surface area (Å²) in [5.41, 5.74) is 0.868. The highest BCUT2D eigenvalue weighted by atomic mass is 16.5. The topological polar surface area (TPSA) is 69.5 Å². The molecular formula is C13H15N2O3. The van der Waals surface area contributed by atoms with Crippen LogP contribution in [0.25, 0.3) is 0 Å². The molecule has 0 aromatic heterocycles. The smallest absolute Gasteiger partial charge is 0.437 e. The van der Waals surface area contributed by atoms with E-state index in [0.29, 0.717) is 0 Å². The van der Waals surface area contributed by atoms with Gasteiger partial charge in [-0.25, -0.2) is 4.79 Å². The van der Waals surface area contributed by atoms with Crippen molar-refractivity contribution in [2.24, 2.45) is 0 Å². The third-order valence-corrected chi connectivity index (χ3v) is 2.77. The van der Waals surface area contributed by atoms with Crippen molar-refractivity contribution in [3.8, 4) is 0 Å². The minimum atomic E-state index is -0.822. The Bertz CT molecular complexity index is 414. The lowest BCUT2D eigenvalue weighted by Gasteiger charge is -2.08. The Morgan fingerprint density at radius 2 is 2.11 bits per heavy atom. The number of rotatable bonds is 3. The first-order chi connectivity index (χ1) is 8.75. The molecule has 5 heteroatoms. The maximum absolute atomic E-state index is 11.5. The molecule has 0 saturated carbocycles. The summed E-state index contributed by atoms with van der Waals surface area (Å²) in [5.74, 6) is -0.439. The van der Waals surface area contributed by atoms with Gasteiger partial charge in [-0.2, -0.15) is 0 Å². The number of benzene rings is 1. The molecule has 1 atom stereocenters. The molecule has 0 spiro atoms. The predicted molar refractivity (Wildman–Crippen MR) is 64.8 cm³/mol. The number of hydrogen-bond acceptors (Lipinski definition) is 4. The van der Waals surface area contributed by atoms with Crippen molar-refractivity contribution in [3.63, 3.8) is 0 Å². The van der Waals surface area contributed by atoms with Crippen LogP contribution in [0, 0.1) is 0 Å².